The summed E-state index contributed by atoms with van der Waals surface area (Å²) < 4.78 is 0. The summed E-state index contributed by atoms with van der Waals surface area (Å²) in [5.74, 6) is -2.03. The minimum atomic E-state index is -1.11. The molecule has 0 aliphatic rings. The third kappa shape index (κ3) is 13.5. The fourth-order valence-corrected chi connectivity index (χ4v) is 5.65. The zero-order chi connectivity index (χ0) is 33.4. The molecule has 0 aliphatic carbocycles. The van der Waals surface area contributed by atoms with Gasteiger partial charge >= 0.3 is 31.4 Å². The Kier molecular flexibility index (Phi) is 21.0. The third-order valence-corrected chi connectivity index (χ3v) is 8.90. The smallest absolute Gasteiger partial charge is 0.872 e. The van der Waals surface area contributed by atoms with Crippen molar-refractivity contribution < 1.29 is 49.5 Å². The normalized spacial score (nSPS) is 13.5. The van der Waals surface area contributed by atoms with E-state index in [4.69, 9.17) is 0 Å². The van der Waals surface area contributed by atoms with E-state index < -0.39 is 11.9 Å². The van der Waals surface area contributed by atoms with E-state index in [-0.39, 0.29) is 65.8 Å². The van der Waals surface area contributed by atoms with Crippen molar-refractivity contribution in [3.8, 4) is 11.5 Å². The average molecular weight is 676 g/mol. The minimum Gasteiger partial charge on any atom is -0.872 e. The SMILES string of the molecule is CCCCC(C)c1cc(C(=O)O)c([O-])c(C(C)CCCC)c1.CCCCC(C)c1cc(C(=O)O)c([O-])c(C(C)CCCC)c1.[Zn+2]. The Labute approximate surface area is 285 Å². The number of unbranched alkanes of at least 4 members (excludes halogenated alkanes) is 4. The Balaban J connectivity index is 0.000000842. The molecule has 0 amide bonds. The van der Waals surface area contributed by atoms with Gasteiger partial charge in [-0.25, -0.2) is 9.59 Å². The molecule has 0 fully saturated rings. The Morgan fingerprint density at radius 2 is 0.822 bits per heavy atom. The fourth-order valence-electron chi connectivity index (χ4n) is 5.65. The molecule has 2 N–H and O–H groups in total. The first-order chi connectivity index (χ1) is 20.8. The molecule has 2 aromatic carbocycles. The van der Waals surface area contributed by atoms with Crippen LogP contribution in [-0.4, -0.2) is 22.2 Å². The first-order valence-electron chi connectivity index (χ1n) is 17.0. The maximum absolute atomic E-state index is 12.4. The zero-order valence-corrected chi connectivity index (χ0v) is 32.3. The van der Waals surface area contributed by atoms with Gasteiger partial charge in [-0.15, -0.1) is 0 Å². The maximum atomic E-state index is 12.4. The van der Waals surface area contributed by atoms with Crippen LogP contribution in [0.1, 0.15) is 199 Å². The second kappa shape index (κ2) is 22.2. The topological polar surface area (TPSA) is 121 Å². The summed E-state index contributed by atoms with van der Waals surface area (Å²) in [5.41, 5.74) is 3.18. The molecule has 0 saturated carbocycles. The molecule has 4 atom stereocenters. The van der Waals surface area contributed by atoms with E-state index in [0.717, 1.165) is 88.2 Å². The molecule has 0 aromatic heterocycles. The summed E-state index contributed by atoms with van der Waals surface area (Å²) in [6.07, 6.45) is 12.6. The Bertz CT molecular complexity index is 1090. The van der Waals surface area contributed by atoms with Crippen LogP contribution in [0, 0.1) is 0 Å². The number of carbonyl (C=O) groups is 2. The number of carboxylic acid groups (broad SMARTS) is 2. The number of carboxylic acids is 2. The van der Waals surface area contributed by atoms with Gasteiger partial charge in [0.1, 0.15) is 0 Å². The quantitative estimate of drug-likeness (QED) is 0.152. The monoisotopic (exact) mass is 674 g/mol. The molecule has 0 radical (unpaired) electrons. The van der Waals surface area contributed by atoms with Crippen LogP contribution in [0.3, 0.4) is 0 Å². The van der Waals surface area contributed by atoms with E-state index in [2.05, 4.69) is 41.5 Å². The van der Waals surface area contributed by atoms with Gasteiger partial charge in [0, 0.05) is 0 Å². The predicted octanol–water partition coefficient (Wildman–Crippen LogP) is 10.1. The first-order valence-corrected chi connectivity index (χ1v) is 17.0. The number of rotatable bonds is 18. The van der Waals surface area contributed by atoms with Crippen LogP contribution >= 0.6 is 0 Å². The number of hydrogen-bond acceptors (Lipinski definition) is 4. The summed E-state index contributed by atoms with van der Waals surface area (Å²) in [6.45, 7) is 16.8. The molecule has 2 rings (SSSR count). The third-order valence-electron chi connectivity index (χ3n) is 8.90. The van der Waals surface area contributed by atoms with Gasteiger partial charge in [0.25, 0.3) is 0 Å². The summed E-state index contributed by atoms with van der Waals surface area (Å²) in [6, 6.07) is 7.08. The number of aromatic carboxylic acids is 2. The minimum absolute atomic E-state index is 0. The molecule has 0 aliphatic heterocycles. The van der Waals surface area contributed by atoms with E-state index in [1.54, 1.807) is 12.1 Å². The second-order valence-corrected chi connectivity index (χ2v) is 12.8. The number of hydrogen-bond donors (Lipinski definition) is 2. The van der Waals surface area contributed by atoms with Crippen LogP contribution in [0.2, 0.25) is 0 Å². The molecule has 6 nitrogen and oxygen atoms in total. The molecule has 0 bridgehead atoms. The first kappa shape index (κ1) is 42.6. The molecule has 2 aromatic rings. The molecule has 4 unspecified atom stereocenters. The fraction of sp³-hybridized carbons (Fsp3) is 0.632. The molecule has 45 heavy (non-hydrogen) atoms. The molecule has 0 saturated heterocycles. The van der Waals surface area contributed by atoms with Crippen molar-refractivity contribution in [2.75, 3.05) is 0 Å². The molecular formula is C38H58O6Zn. The average Bonchev–Trinajstić information content (AvgIpc) is 3.00. The molecular weight excluding hydrogens is 618 g/mol. The van der Waals surface area contributed by atoms with E-state index >= 15 is 0 Å². The van der Waals surface area contributed by atoms with Crippen LogP contribution in [-0.2, 0) is 19.5 Å². The van der Waals surface area contributed by atoms with Crippen molar-refractivity contribution in [2.45, 2.75) is 156 Å². The Morgan fingerprint density at radius 3 is 1.07 bits per heavy atom. The van der Waals surface area contributed by atoms with Crippen LogP contribution in [0.5, 0.6) is 11.5 Å². The Morgan fingerprint density at radius 1 is 0.556 bits per heavy atom. The molecule has 7 heteroatoms. The summed E-state index contributed by atoms with van der Waals surface area (Å²) in [7, 11) is 0. The predicted molar refractivity (Wildman–Crippen MR) is 177 cm³/mol. The van der Waals surface area contributed by atoms with Crippen molar-refractivity contribution in [3.05, 3.63) is 57.6 Å². The molecule has 248 valence electrons. The molecule has 0 spiro atoms. The van der Waals surface area contributed by atoms with E-state index in [1.165, 1.54) is 0 Å². The van der Waals surface area contributed by atoms with Crippen LogP contribution < -0.4 is 10.2 Å². The van der Waals surface area contributed by atoms with Crippen molar-refractivity contribution in [1.82, 2.24) is 0 Å². The van der Waals surface area contributed by atoms with Gasteiger partial charge in [0.15, 0.2) is 0 Å². The van der Waals surface area contributed by atoms with Gasteiger partial charge in [-0.2, -0.15) is 0 Å². The van der Waals surface area contributed by atoms with Crippen LogP contribution in [0.25, 0.3) is 0 Å². The van der Waals surface area contributed by atoms with E-state index in [0.29, 0.717) is 11.1 Å². The largest absolute Gasteiger partial charge is 2.00 e. The standard InChI is InChI=1S/2C19H30O3.Zn/c2*1-5-7-9-13(3)15-11-16(14(4)10-8-6-2)18(20)17(12-15)19(21)22;/h2*11-14,20H,5-10H2,1-4H3,(H,21,22);/q;;+2/p-2. The van der Waals surface area contributed by atoms with E-state index in [1.807, 2.05) is 26.0 Å². The Hall–Kier alpha value is -2.40. The van der Waals surface area contributed by atoms with E-state index in [9.17, 15) is 30.0 Å². The second-order valence-electron chi connectivity index (χ2n) is 12.8. The van der Waals surface area contributed by atoms with Crippen molar-refractivity contribution in [2.24, 2.45) is 0 Å². The summed E-state index contributed by atoms with van der Waals surface area (Å²) >= 11 is 0. The van der Waals surface area contributed by atoms with Gasteiger partial charge in [-0.3, -0.25) is 0 Å². The van der Waals surface area contributed by atoms with Gasteiger partial charge in [-0.05, 0) is 72.6 Å². The van der Waals surface area contributed by atoms with Gasteiger partial charge in [0.05, 0.1) is 11.1 Å². The van der Waals surface area contributed by atoms with Gasteiger partial charge < -0.3 is 20.4 Å². The summed E-state index contributed by atoms with van der Waals surface area (Å²) in [4.78, 5) is 22.8. The summed E-state index contributed by atoms with van der Waals surface area (Å²) in [5, 5.41) is 43.5. The van der Waals surface area contributed by atoms with Crippen LogP contribution in [0.15, 0.2) is 24.3 Å². The zero-order valence-electron chi connectivity index (χ0n) is 29.3. The van der Waals surface area contributed by atoms with Crippen LogP contribution in [0.4, 0.5) is 0 Å². The van der Waals surface area contributed by atoms with Crippen molar-refractivity contribution in [3.63, 3.8) is 0 Å². The molecule has 0 heterocycles. The maximum Gasteiger partial charge on any atom is 2.00 e. The van der Waals surface area contributed by atoms with Gasteiger partial charge in [-0.1, -0.05) is 142 Å². The van der Waals surface area contributed by atoms with Gasteiger partial charge in [0.2, 0.25) is 0 Å². The van der Waals surface area contributed by atoms with Crippen molar-refractivity contribution in [1.29, 1.82) is 0 Å². The van der Waals surface area contributed by atoms with Crippen molar-refractivity contribution >= 4 is 11.9 Å². The number of benzene rings is 2.